The van der Waals surface area contributed by atoms with Crippen molar-refractivity contribution in [2.24, 2.45) is 17.6 Å². The summed E-state index contributed by atoms with van der Waals surface area (Å²) < 4.78 is 6.37. The summed E-state index contributed by atoms with van der Waals surface area (Å²) in [7, 11) is 1.70. The third kappa shape index (κ3) is 6.21. The Morgan fingerprint density at radius 1 is 1.00 bits per heavy atom. The van der Waals surface area contributed by atoms with E-state index in [4.69, 9.17) is 22.1 Å². The van der Waals surface area contributed by atoms with Gasteiger partial charge in [-0.1, -0.05) is 29.8 Å². The van der Waals surface area contributed by atoms with E-state index in [9.17, 15) is 0 Å². The zero-order valence-electron chi connectivity index (χ0n) is 16.5. The number of hydrogen-bond donors (Lipinski definition) is 1. The lowest BCUT2D eigenvalue weighted by Crippen LogP contribution is -2.32. The highest BCUT2D eigenvalue weighted by molar-refractivity contribution is 9.10. The van der Waals surface area contributed by atoms with E-state index in [0.717, 1.165) is 53.3 Å². The first kappa shape index (κ1) is 21.6. The fourth-order valence-corrected chi connectivity index (χ4v) is 4.83. The van der Waals surface area contributed by atoms with Crippen LogP contribution in [-0.4, -0.2) is 25.1 Å². The molecule has 0 aromatic heterocycles. The molecule has 0 bridgehead atoms. The minimum Gasteiger partial charge on any atom is -0.496 e. The number of nitrogens with two attached hydrogens (primary N) is 1. The predicted molar refractivity (Wildman–Crippen MR) is 121 cm³/mol. The molecule has 2 aromatic carbocycles. The van der Waals surface area contributed by atoms with Gasteiger partial charge in [-0.05, 0) is 95.4 Å². The zero-order valence-corrected chi connectivity index (χ0v) is 18.9. The number of nitrogens with zero attached hydrogens (tertiary/aromatic N) is 1. The average molecular weight is 466 g/mol. The van der Waals surface area contributed by atoms with Crippen LogP contribution in [0.4, 0.5) is 0 Å². The van der Waals surface area contributed by atoms with E-state index in [0.29, 0.717) is 0 Å². The van der Waals surface area contributed by atoms with Gasteiger partial charge < -0.3 is 10.5 Å². The topological polar surface area (TPSA) is 38.5 Å². The quantitative estimate of drug-likeness (QED) is 0.529. The zero-order chi connectivity index (χ0) is 19.9. The molecule has 2 aromatic rings. The van der Waals surface area contributed by atoms with Gasteiger partial charge in [0.05, 0.1) is 11.6 Å². The van der Waals surface area contributed by atoms with Crippen molar-refractivity contribution in [3.8, 4) is 5.75 Å². The molecule has 5 heteroatoms. The summed E-state index contributed by atoms with van der Waals surface area (Å²) in [5.74, 6) is 2.34. The van der Waals surface area contributed by atoms with Crippen molar-refractivity contribution in [1.29, 1.82) is 0 Å². The Bertz CT molecular complexity index is 745. The van der Waals surface area contributed by atoms with Crippen molar-refractivity contribution in [3.63, 3.8) is 0 Å². The third-order valence-electron chi connectivity index (χ3n) is 5.76. The lowest BCUT2D eigenvalue weighted by Gasteiger charge is -2.32. The van der Waals surface area contributed by atoms with E-state index < -0.39 is 0 Å². The van der Waals surface area contributed by atoms with E-state index in [1.165, 1.54) is 36.8 Å². The molecule has 28 heavy (non-hydrogen) atoms. The second-order valence-electron chi connectivity index (χ2n) is 7.89. The summed E-state index contributed by atoms with van der Waals surface area (Å²) in [6, 6.07) is 14.6. The number of ether oxygens (including phenoxy) is 1. The van der Waals surface area contributed by atoms with E-state index >= 15 is 0 Å². The summed E-state index contributed by atoms with van der Waals surface area (Å²) in [5.41, 5.74) is 8.46. The van der Waals surface area contributed by atoms with Gasteiger partial charge in [0.2, 0.25) is 0 Å². The molecule has 3 nitrogen and oxygen atoms in total. The number of benzene rings is 2. The fraction of sp³-hybridized carbons (Fsp3) is 0.478. The lowest BCUT2D eigenvalue weighted by molar-refractivity contribution is 0.170. The number of hydrogen-bond acceptors (Lipinski definition) is 3. The van der Waals surface area contributed by atoms with Crippen LogP contribution in [0.3, 0.4) is 0 Å². The van der Waals surface area contributed by atoms with Gasteiger partial charge in [-0.25, -0.2) is 0 Å². The van der Waals surface area contributed by atoms with Crippen molar-refractivity contribution in [1.82, 2.24) is 4.90 Å². The molecule has 0 atom stereocenters. The Kier molecular flexibility index (Phi) is 8.22. The lowest BCUT2D eigenvalue weighted by atomic mass is 9.82. The minimum absolute atomic E-state index is 0.721. The van der Waals surface area contributed by atoms with Crippen LogP contribution in [0, 0.1) is 11.8 Å². The average Bonchev–Trinajstić information content (AvgIpc) is 2.70. The van der Waals surface area contributed by atoms with E-state index in [2.05, 4.69) is 45.1 Å². The molecule has 0 radical (unpaired) electrons. The van der Waals surface area contributed by atoms with Crippen LogP contribution in [0.5, 0.6) is 5.75 Å². The van der Waals surface area contributed by atoms with Gasteiger partial charge in [-0.15, -0.1) is 0 Å². The second-order valence-corrected chi connectivity index (χ2v) is 9.18. The van der Waals surface area contributed by atoms with E-state index in [1.807, 2.05) is 18.2 Å². The normalized spacial score (nSPS) is 19.8. The molecular formula is C23H30BrClN2O. The molecule has 1 aliphatic rings. The molecule has 1 aliphatic carbocycles. The second kappa shape index (κ2) is 10.6. The van der Waals surface area contributed by atoms with Crippen LogP contribution < -0.4 is 10.5 Å². The highest BCUT2D eigenvalue weighted by Crippen LogP contribution is 2.30. The van der Waals surface area contributed by atoms with Crippen molar-refractivity contribution in [2.45, 2.75) is 38.8 Å². The molecule has 0 aliphatic heterocycles. The van der Waals surface area contributed by atoms with Gasteiger partial charge in [0.15, 0.2) is 0 Å². The van der Waals surface area contributed by atoms with E-state index in [-0.39, 0.29) is 0 Å². The van der Waals surface area contributed by atoms with Crippen LogP contribution in [0.25, 0.3) is 0 Å². The van der Waals surface area contributed by atoms with Crippen LogP contribution in [0.2, 0.25) is 5.02 Å². The van der Waals surface area contributed by atoms with Crippen LogP contribution in [-0.2, 0) is 13.1 Å². The maximum Gasteiger partial charge on any atom is 0.133 e. The molecule has 1 saturated carbocycles. The Balaban J connectivity index is 1.70. The summed E-state index contributed by atoms with van der Waals surface area (Å²) >= 11 is 9.68. The smallest absolute Gasteiger partial charge is 0.133 e. The molecular weight excluding hydrogens is 436 g/mol. The standard InChI is InChI=1S/C23H30BrClN2O/c1-28-23-11-8-20(12-22(23)24)16-27(15-19-6-9-21(25)10-7-19)14-18-4-2-17(13-26)3-5-18/h6-12,17-18H,2-5,13-16,26H2,1H3. The molecule has 2 N–H and O–H groups in total. The Morgan fingerprint density at radius 3 is 2.21 bits per heavy atom. The molecule has 0 saturated heterocycles. The van der Waals surface area contributed by atoms with Crippen LogP contribution >= 0.6 is 27.5 Å². The molecule has 152 valence electrons. The van der Waals surface area contributed by atoms with Crippen molar-refractivity contribution >= 4 is 27.5 Å². The fourth-order valence-electron chi connectivity index (χ4n) is 4.11. The van der Waals surface area contributed by atoms with Crippen LogP contribution in [0.15, 0.2) is 46.9 Å². The molecule has 0 unspecified atom stereocenters. The van der Waals surface area contributed by atoms with Crippen molar-refractivity contribution in [3.05, 3.63) is 63.1 Å². The summed E-state index contributed by atoms with van der Waals surface area (Å²) in [4.78, 5) is 2.56. The highest BCUT2D eigenvalue weighted by Gasteiger charge is 2.22. The summed E-state index contributed by atoms with van der Waals surface area (Å²) in [6.07, 6.45) is 5.10. The number of methoxy groups -OCH3 is 1. The van der Waals surface area contributed by atoms with Gasteiger partial charge in [0.25, 0.3) is 0 Å². The summed E-state index contributed by atoms with van der Waals surface area (Å²) in [6.45, 7) is 3.80. The van der Waals surface area contributed by atoms with Gasteiger partial charge >= 0.3 is 0 Å². The third-order valence-corrected chi connectivity index (χ3v) is 6.63. The molecule has 0 amide bonds. The molecule has 0 spiro atoms. The van der Waals surface area contributed by atoms with Crippen LogP contribution in [0.1, 0.15) is 36.8 Å². The Morgan fingerprint density at radius 2 is 1.61 bits per heavy atom. The molecule has 0 heterocycles. The maximum atomic E-state index is 6.07. The van der Waals surface area contributed by atoms with Crippen molar-refractivity contribution < 1.29 is 4.74 Å². The largest absolute Gasteiger partial charge is 0.496 e. The maximum absolute atomic E-state index is 6.07. The number of rotatable bonds is 8. The first-order valence-corrected chi connectivity index (χ1v) is 11.2. The Hall–Kier alpha value is -1.07. The number of halogens is 2. The van der Waals surface area contributed by atoms with Gasteiger partial charge in [-0.2, -0.15) is 0 Å². The Labute approximate surface area is 182 Å². The summed E-state index contributed by atoms with van der Waals surface area (Å²) in [5, 5.41) is 0.787. The highest BCUT2D eigenvalue weighted by atomic mass is 79.9. The first-order valence-electron chi connectivity index (χ1n) is 10.1. The van der Waals surface area contributed by atoms with Gasteiger partial charge in [0, 0.05) is 24.7 Å². The first-order chi connectivity index (χ1) is 13.6. The van der Waals surface area contributed by atoms with E-state index in [1.54, 1.807) is 7.11 Å². The van der Waals surface area contributed by atoms with Gasteiger partial charge in [0.1, 0.15) is 5.75 Å². The minimum atomic E-state index is 0.721. The van der Waals surface area contributed by atoms with Gasteiger partial charge in [-0.3, -0.25) is 4.90 Å². The SMILES string of the molecule is COc1ccc(CN(Cc2ccc(Cl)cc2)CC2CCC(CN)CC2)cc1Br. The molecule has 1 fully saturated rings. The molecule has 3 rings (SSSR count). The monoisotopic (exact) mass is 464 g/mol. The van der Waals surface area contributed by atoms with Crippen molar-refractivity contribution in [2.75, 3.05) is 20.2 Å². The predicted octanol–water partition coefficient (Wildman–Crippen LogP) is 5.88.